The Labute approximate surface area is 315 Å². The molecule has 6 heterocycles. The first-order valence-electron chi connectivity index (χ1n) is 19.5. The van der Waals surface area contributed by atoms with E-state index in [1.54, 1.807) is 17.7 Å². The number of pyridine rings is 2. The summed E-state index contributed by atoms with van der Waals surface area (Å²) < 4.78 is 1.73. The SMILES string of the molecule is CC(=O)c1c(C)c2cnc(Nc3ccc(N4CCN(CC5CCN(c6cccc([C@@H]7CCC(=O)NC7=O)c6)CC5)CC4)cn3)nc2n(C2CCCC2)c1=O. The first-order chi connectivity index (χ1) is 26.2. The smallest absolute Gasteiger partial charge is 0.263 e. The van der Waals surface area contributed by atoms with Crippen LogP contribution in [-0.4, -0.2) is 87.8 Å². The highest BCUT2D eigenvalue weighted by atomic mass is 16.2. The summed E-state index contributed by atoms with van der Waals surface area (Å²) in [5.41, 5.74) is 4.38. The molecule has 282 valence electrons. The zero-order chi connectivity index (χ0) is 37.3. The number of fused-ring (bicyclic) bond motifs is 1. The molecule has 4 fully saturated rings. The number of ketones is 1. The first-order valence-corrected chi connectivity index (χ1v) is 19.5. The predicted molar refractivity (Wildman–Crippen MR) is 209 cm³/mol. The van der Waals surface area contributed by atoms with Crippen molar-refractivity contribution in [3.8, 4) is 0 Å². The van der Waals surface area contributed by atoms with E-state index >= 15 is 0 Å². The van der Waals surface area contributed by atoms with Crippen LogP contribution in [0.15, 0.2) is 53.6 Å². The Balaban J connectivity index is 0.843. The summed E-state index contributed by atoms with van der Waals surface area (Å²) in [6.07, 6.45) is 10.7. The lowest BCUT2D eigenvalue weighted by Gasteiger charge is -2.40. The molecule has 1 aliphatic carbocycles. The number of benzene rings is 1. The Hall–Kier alpha value is -5.17. The third-order valence-corrected chi connectivity index (χ3v) is 12.0. The fourth-order valence-electron chi connectivity index (χ4n) is 8.95. The van der Waals surface area contributed by atoms with E-state index in [2.05, 4.69) is 53.5 Å². The van der Waals surface area contributed by atoms with Gasteiger partial charge in [-0.05, 0) is 87.3 Å². The molecule has 3 saturated heterocycles. The number of piperazine rings is 1. The van der Waals surface area contributed by atoms with E-state index < -0.39 is 0 Å². The average Bonchev–Trinajstić information content (AvgIpc) is 3.70. The normalized spacial score (nSPS) is 20.4. The molecule has 0 radical (unpaired) electrons. The van der Waals surface area contributed by atoms with E-state index in [0.717, 1.165) is 107 Å². The van der Waals surface area contributed by atoms with E-state index in [9.17, 15) is 19.2 Å². The number of aromatic nitrogens is 4. The van der Waals surface area contributed by atoms with E-state index in [-0.39, 0.29) is 40.7 Å². The van der Waals surface area contributed by atoms with Crippen LogP contribution in [0.2, 0.25) is 0 Å². The van der Waals surface area contributed by atoms with Crippen LogP contribution in [0, 0.1) is 12.8 Å². The molecule has 1 aromatic carbocycles. The molecular weight excluding hydrogens is 683 g/mol. The number of hydrogen-bond acceptors (Lipinski definition) is 11. The molecular formula is C41H49N9O4. The first kappa shape index (κ1) is 35.8. The number of imide groups is 1. The number of rotatable bonds is 9. The van der Waals surface area contributed by atoms with Gasteiger partial charge < -0.3 is 15.1 Å². The number of carbonyl (C=O) groups excluding carboxylic acids is 3. The molecule has 0 bridgehead atoms. The van der Waals surface area contributed by atoms with Crippen LogP contribution >= 0.6 is 0 Å². The van der Waals surface area contributed by atoms with Gasteiger partial charge in [-0.2, -0.15) is 4.98 Å². The van der Waals surface area contributed by atoms with Gasteiger partial charge in [0.15, 0.2) is 5.78 Å². The molecule has 13 nitrogen and oxygen atoms in total. The molecule has 4 aromatic rings. The fourth-order valence-corrected chi connectivity index (χ4v) is 8.95. The van der Waals surface area contributed by atoms with Gasteiger partial charge >= 0.3 is 0 Å². The molecule has 2 N–H and O–H groups in total. The van der Waals surface area contributed by atoms with Gasteiger partial charge in [-0.15, -0.1) is 0 Å². The van der Waals surface area contributed by atoms with Gasteiger partial charge in [0, 0.05) is 75.5 Å². The van der Waals surface area contributed by atoms with Crippen molar-refractivity contribution in [1.29, 1.82) is 0 Å². The van der Waals surface area contributed by atoms with Crippen molar-refractivity contribution in [2.75, 3.05) is 60.9 Å². The number of nitrogens with zero attached hydrogens (tertiary/aromatic N) is 7. The molecule has 0 spiro atoms. The van der Waals surface area contributed by atoms with Gasteiger partial charge in [0.2, 0.25) is 17.8 Å². The van der Waals surface area contributed by atoms with Crippen LogP contribution in [-0.2, 0) is 9.59 Å². The lowest BCUT2D eigenvalue weighted by Crippen LogP contribution is -2.49. The lowest BCUT2D eigenvalue weighted by atomic mass is 9.90. The maximum atomic E-state index is 13.6. The maximum Gasteiger partial charge on any atom is 0.263 e. The lowest BCUT2D eigenvalue weighted by molar-refractivity contribution is -0.134. The van der Waals surface area contributed by atoms with E-state index in [4.69, 9.17) is 4.98 Å². The highest BCUT2D eigenvalue weighted by Crippen LogP contribution is 2.33. The van der Waals surface area contributed by atoms with Gasteiger partial charge in [-0.3, -0.25) is 34.0 Å². The summed E-state index contributed by atoms with van der Waals surface area (Å²) in [6.45, 7) is 10.2. The Kier molecular flexibility index (Phi) is 10.1. The molecule has 54 heavy (non-hydrogen) atoms. The predicted octanol–water partition coefficient (Wildman–Crippen LogP) is 5.12. The van der Waals surface area contributed by atoms with Gasteiger partial charge in [-0.25, -0.2) is 9.97 Å². The third kappa shape index (κ3) is 7.33. The summed E-state index contributed by atoms with van der Waals surface area (Å²) in [6, 6.07) is 12.3. The van der Waals surface area contributed by atoms with Crippen LogP contribution in [0.25, 0.3) is 11.0 Å². The number of hydrogen-bond donors (Lipinski definition) is 2. The number of nitrogens with one attached hydrogen (secondary N) is 2. The summed E-state index contributed by atoms with van der Waals surface area (Å²) in [5, 5.41) is 6.44. The number of aryl methyl sites for hydroxylation is 1. The van der Waals surface area contributed by atoms with Crippen molar-refractivity contribution in [1.82, 2.24) is 29.7 Å². The largest absolute Gasteiger partial charge is 0.372 e. The van der Waals surface area contributed by atoms with Crippen molar-refractivity contribution in [3.05, 3.63) is 75.8 Å². The molecule has 8 rings (SSSR count). The standard InChI is InChI=1S/C41H49N9O4/c1-26-34-24-43-41(46-38(34)50(30-7-3-4-8-30)40(54)37(26)27(2)51)44-35-12-10-32(23-42-35)49-20-18-47(19-21-49)25-28-14-16-48(17-15-28)31-9-5-6-29(22-31)33-11-13-36(52)45-39(33)53/h5-6,9-10,12,22-24,28,30,33H,3-4,7-8,11,13-21,25H2,1-2H3,(H,45,52,53)(H,42,43,44,46)/t33-/m0/s1. The minimum Gasteiger partial charge on any atom is -0.372 e. The second-order valence-electron chi connectivity index (χ2n) is 15.4. The van der Waals surface area contributed by atoms with Crippen LogP contribution < -0.4 is 26.0 Å². The topological polar surface area (TPSA) is 146 Å². The summed E-state index contributed by atoms with van der Waals surface area (Å²) in [4.78, 5) is 71.5. The zero-order valence-electron chi connectivity index (χ0n) is 31.2. The van der Waals surface area contributed by atoms with Crippen molar-refractivity contribution in [3.63, 3.8) is 0 Å². The molecule has 1 atom stereocenters. The second kappa shape index (κ2) is 15.3. The van der Waals surface area contributed by atoms with Gasteiger partial charge in [0.05, 0.1) is 23.4 Å². The summed E-state index contributed by atoms with van der Waals surface area (Å²) >= 11 is 0. The van der Waals surface area contributed by atoms with Gasteiger partial charge in [0.25, 0.3) is 5.56 Å². The quantitative estimate of drug-likeness (QED) is 0.175. The van der Waals surface area contributed by atoms with Crippen molar-refractivity contribution in [2.45, 2.75) is 77.2 Å². The Bertz CT molecular complexity index is 2110. The highest BCUT2D eigenvalue weighted by Gasteiger charge is 2.30. The van der Waals surface area contributed by atoms with E-state index in [1.165, 1.54) is 6.92 Å². The number of piperidine rings is 2. The minimum atomic E-state index is -0.261. The molecule has 0 unspecified atom stereocenters. The van der Waals surface area contributed by atoms with E-state index in [0.29, 0.717) is 41.7 Å². The fraction of sp³-hybridized carbons (Fsp3) is 0.488. The van der Waals surface area contributed by atoms with Crippen LogP contribution in [0.4, 0.5) is 23.1 Å². The molecule has 4 aliphatic rings. The Morgan fingerprint density at radius 3 is 2.33 bits per heavy atom. The Morgan fingerprint density at radius 1 is 0.870 bits per heavy atom. The molecule has 3 aliphatic heterocycles. The monoisotopic (exact) mass is 731 g/mol. The average molecular weight is 732 g/mol. The Morgan fingerprint density at radius 2 is 1.63 bits per heavy atom. The second-order valence-corrected chi connectivity index (χ2v) is 15.4. The number of amides is 2. The van der Waals surface area contributed by atoms with Gasteiger partial charge in [-0.1, -0.05) is 25.0 Å². The van der Waals surface area contributed by atoms with Crippen LogP contribution in [0.5, 0.6) is 0 Å². The molecule has 13 heteroatoms. The minimum absolute atomic E-state index is 0.0239. The van der Waals surface area contributed by atoms with Crippen molar-refractivity contribution in [2.24, 2.45) is 5.92 Å². The maximum absolute atomic E-state index is 13.6. The van der Waals surface area contributed by atoms with Crippen LogP contribution in [0.3, 0.4) is 0 Å². The highest BCUT2D eigenvalue weighted by molar-refractivity contribution is 6.01. The number of anilines is 4. The van der Waals surface area contributed by atoms with Crippen molar-refractivity contribution < 1.29 is 14.4 Å². The van der Waals surface area contributed by atoms with Gasteiger partial charge in [0.1, 0.15) is 11.5 Å². The summed E-state index contributed by atoms with van der Waals surface area (Å²) in [7, 11) is 0. The molecule has 3 aromatic heterocycles. The summed E-state index contributed by atoms with van der Waals surface area (Å²) in [5.74, 6) is 0.790. The van der Waals surface area contributed by atoms with Crippen molar-refractivity contribution >= 4 is 51.8 Å². The number of carbonyl (C=O) groups is 3. The number of Topliss-reactive ketones (excluding diaryl/α,β-unsaturated/α-hetero) is 1. The van der Waals surface area contributed by atoms with Crippen LogP contribution in [0.1, 0.15) is 91.7 Å². The van der Waals surface area contributed by atoms with E-state index in [1.807, 2.05) is 24.4 Å². The molecule has 1 saturated carbocycles. The third-order valence-electron chi connectivity index (χ3n) is 12.0. The molecule has 2 amide bonds. The zero-order valence-corrected chi connectivity index (χ0v) is 31.2.